The smallest absolute Gasteiger partial charge is 0.123 e. The van der Waals surface area contributed by atoms with Crippen molar-refractivity contribution in [2.24, 2.45) is 0 Å². The van der Waals surface area contributed by atoms with Gasteiger partial charge in [-0.25, -0.2) is 4.39 Å². The molecule has 1 atom stereocenters. The zero-order chi connectivity index (χ0) is 13.1. The first-order valence-corrected chi connectivity index (χ1v) is 5.70. The van der Waals surface area contributed by atoms with Gasteiger partial charge in [0.2, 0.25) is 0 Å². The number of rotatable bonds is 3. The van der Waals surface area contributed by atoms with Crippen LogP contribution in [0, 0.1) is 12.7 Å². The minimum Gasteiger partial charge on any atom is -0.497 e. The molecule has 0 bridgehead atoms. The van der Waals surface area contributed by atoms with E-state index >= 15 is 0 Å². The second kappa shape index (κ2) is 5.19. The summed E-state index contributed by atoms with van der Waals surface area (Å²) in [6.07, 6.45) is -0.827. The summed E-state index contributed by atoms with van der Waals surface area (Å²) in [5.41, 5.74) is 2.16. The van der Waals surface area contributed by atoms with Gasteiger partial charge in [-0.05, 0) is 47.9 Å². The van der Waals surface area contributed by atoms with Gasteiger partial charge in [-0.3, -0.25) is 0 Å². The van der Waals surface area contributed by atoms with Crippen LogP contribution in [0.3, 0.4) is 0 Å². The van der Waals surface area contributed by atoms with E-state index in [9.17, 15) is 9.50 Å². The van der Waals surface area contributed by atoms with E-state index in [1.807, 2.05) is 6.92 Å². The highest BCUT2D eigenvalue weighted by Gasteiger charge is 2.13. The van der Waals surface area contributed by atoms with Gasteiger partial charge in [0.15, 0.2) is 0 Å². The summed E-state index contributed by atoms with van der Waals surface area (Å²) in [5, 5.41) is 10.3. The number of benzene rings is 2. The van der Waals surface area contributed by atoms with Crippen LogP contribution in [0.5, 0.6) is 5.75 Å². The third kappa shape index (κ3) is 2.51. The number of hydrogen-bond donors (Lipinski definition) is 1. The lowest BCUT2D eigenvalue weighted by atomic mass is 9.97. The van der Waals surface area contributed by atoms with Crippen LogP contribution in [-0.2, 0) is 0 Å². The molecule has 0 aliphatic rings. The number of aliphatic hydroxyl groups is 1. The van der Waals surface area contributed by atoms with Gasteiger partial charge in [0.25, 0.3) is 0 Å². The zero-order valence-corrected chi connectivity index (χ0v) is 10.4. The molecule has 0 saturated carbocycles. The maximum atomic E-state index is 13.2. The molecule has 2 aromatic rings. The largest absolute Gasteiger partial charge is 0.497 e. The molecule has 0 saturated heterocycles. The van der Waals surface area contributed by atoms with Gasteiger partial charge >= 0.3 is 0 Å². The summed E-state index contributed by atoms with van der Waals surface area (Å²) in [4.78, 5) is 0. The predicted octanol–water partition coefficient (Wildman–Crippen LogP) is 3.22. The normalized spacial score (nSPS) is 12.2. The molecule has 3 heteroatoms. The second-order valence-electron chi connectivity index (χ2n) is 4.18. The topological polar surface area (TPSA) is 29.5 Å². The van der Waals surface area contributed by atoms with Crippen molar-refractivity contribution in [1.82, 2.24) is 0 Å². The van der Waals surface area contributed by atoms with Crippen LogP contribution >= 0.6 is 0 Å². The fraction of sp³-hybridized carbons (Fsp3) is 0.200. The SMILES string of the molecule is COc1ccc(C(O)c2cc(F)ccc2C)cc1. The van der Waals surface area contributed by atoms with Crippen molar-refractivity contribution < 1.29 is 14.2 Å². The van der Waals surface area contributed by atoms with Crippen molar-refractivity contribution >= 4 is 0 Å². The second-order valence-corrected chi connectivity index (χ2v) is 4.18. The van der Waals surface area contributed by atoms with Gasteiger partial charge in [-0.2, -0.15) is 0 Å². The summed E-state index contributed by atoms with van der Waals surface area (Å²) < 4.78 is 18.3. The first kappa shape index (κ1) is 12.6. The van der Waals surface area contributed by atoms with E-state index in [4.69, 9.17) is 4.74 Å². The molecule has 18 heavy (non-hydrogen) atoms. The lowest BCUT2D eigenvalue weighted by Crippen LogP contribution is -2.02. The van der Waals surface area contributed by atoms with Crippen LogP contribution < -0.4 is 4.74 Å². The van der Waals surface area contributed by atoms with Crippen LogP contribution in [0.1, 0.15) is 22.8 Å². The molecule has 94 valence electrons. The third-order valence-electron chi connectivity index (χ3n) is 2.97. The van der Waals surface area contributed by atoms with Crippen LogP contribution in [0.2, 0.25) is 0 Å². The summed E-state index contributed by atoms with van der Waals surface area (Å²) in [6, 6.07) is 11.5. The van der Waals surface area contributed by atoms with E-state index in [-0.39, 0.29) is 5.82 Å². The van der Waals surface area contributed by atoms with Gasteiger partial charge in [-0.1, -0.05) is 18.2 Å². The number of hydrogen-bond acceptors (Lipinski definition) is 2. The third-order valence-corrected chi connectivity index (χ3v) is 2.97. The average molecular weight is 246 g/mol. The van der Waals surface area contributed by atoms with Gasteiger partial charge in [-0.15, -0.1) is 0 Å². The minimum atomic E-state index is -0.827. The molecule has 0 heterocycles. The first-order chi connectivity index (χ1) is 8.61. The fourth-order valence-corrected chi connectivity index (χ4v) is 1.87. The van der Waals surface area contributed by atoms with Crippen LogP contribution in [0.4, 0.5) is 4.39 Å². The molecule has 1 N–H and O–H groups in total. The minimum absolute atomic E-state index is 0.344. The molecule has 0 amide bonds. The Morgan fingerprint density at radius 1 is 1.11 bits per heavy atom. The average Bonchev–Trinajstić information content (AvgIpc) is 2.41. The Morgan fingerprint density at radius 3 is 2.39 bits per heavy atom. The van der Waals surface area contributed by atoms with Crippen LogP contribution in [0.15, 0.2) is 42.5 Å². The monoisotopic (exact) mass is 246 g/mol. The van der Waals surface area contributed by atoms with E-state index in [1.165, 1.54) is 12.1 Å². The van der Waals surface area contributed by atoms with Gasteiger partial charge in [0, 0.05) is 0 Å². The number of methoxy groups -OCH3 is 1. The molecule has 2 rings (SSSR count). The van der Waals surface area contributed by atoms with E-state index in [1.54, 1.807) is 37.4 Å². The molecular weight excluding hydrogens is 231 g/mol. The summed E-state index contributed by atoms with van der Waals surface area (Å²) in [7, 11) is 1.59. The lowest BCUT2D eigenvalue weighted by molar-refractivity contribution is 0.219. The molecule has 0 spiro atoms. The Labute approximate surface area is 106 Å². The Morgan fingerprint density at radius 2 is 1.78 bits per heavy atom. The number of ether oxygens (including phenoxy) is 1. The Kier molecular flexibility index (Phi) is 3.63. The summed E-state index contributed by atoms with van der Waals surface area (Å²) in [5.74, 6) is 0.380. The molecule has 2 aromatic carbocycles. The van der Waals surface area contributed by atoms with E-state index in [2.05, 4.69) is 0 Å². The molecule has 0 fully saturated rings. The first-order valence-electron chi connectivity index (χ1n) is 5.70. The standard InChI is InChI=1S/C15H15FO2/c1-10-3-6-12(16)9-14(10)15(17)11-4-7-13(18-2)8-5-11/h3-9,15,17H,1-2H3. The fourth-order valence-electron chi connectivity index (χ4n) is 1.87. The highest BCUT2D eigenvalue weighted by atomic mass is 19.1. The van der Waals surface area contributed by atoms with Gasteiger partial charge in [0.1, 0.15) is 17.7 Å². The van der Waals surface area contributed by atoms with Crippen molar-refractivity contribution in [1.29, 1.82) is 0 Å². The molecule has 0 aliphatic heterocycles. The zero-order valence-electron chi connectivity index (χ0n) is 10.4. The Balaban J connectivity index is 2.34. The molecule has 0 radical (unpaired) electrons. The highest BCUT2D eigenvalue weighted by Crippen LogP contribution is 2.26. The highest BCUT2D eigenvalue weighted by molar-refractivity contribution is 5.37. The number of aryl methyl sites for hydroxylation is 1. The van der Waals surface area contributed by atoms with Crippen molar-refractivity contribution in [3.63, 3.8) is 0 Å². The van der Waals surface area contributed by atoms with Crippen LogP contribution in [0.25, 0.3) is 0 Å². The molecule has 0 aliphatic carbocycles. The van der Waals surface area contributed by atoms with Crippen LogP contribution in [-0.4, -0.2) is 12.2 Å². The van der Waals surface area contributed by atoms with E-state index < -0.39 is 6.10 Å². The Bertz CT molecular complexity index is 535. The predicted molar refractivity (Wildman–Crippen MR) is 68.2 cm³/mol. The maximum Gasteiger partial charge on any atom is 0.123 e. The number of halogens is 1. The van der Waals surface area contributed by atoms with E-state index in [0.29, 0.717) is 11.1 Å². The maximum absolute atomic E-state index is 13.2. The van der Waals surface area contributed by atoms with Crippen molar-refractivity contribution in [2.45, 2.75) is 13.0 Å². The summed E-state index contributed by atoms with van der Waals surface area (Å²) >= 11 is 0. The Hall–Kier alpha value is -1.87. The van der Waals surface area contributed by atoms with Gasteiger partial charge in [0.05, 0.1) is 7.11 Å². The quantitative estimate of drug-likeness (QED) is 0.901. The van der Waals surface area contributed by atoms with Crippen molar-refractivity contribution in [2.75, 3.05) is 7.11 Å². The van der Waals surface area contributed by atoms with Gasteiger partial charge < -0.3 is 9.84 Å². The molecule has 0 aromatic heterocycles. The lowest BCUT2D eigenvalue weighted by Gasteiger charge is -2.14. The van der Waals surface area contributed by atoms with Crippen molar-refractivity contribution in [3.8, 4) is 5.75 Å². The molecule has 2 nitrogen and oxygen atoms in total. The van der Waals surface area contributed by atoms with Crippen molar-refractivity contribution in [3.05, 3.63) is 65.0 Å². The molecule has 1 unspecified atom stereocenters. The molecular formula is C15H15FO2. The van der Waals surface area contributed by atoms with E-state index in [0.717, 1.165) is 11.3 Å². The summed E-state index contributed by atoms with van der Waals surface area (Å²) in [6.45, 7) is 1.85. The number of aliphatic hydroxyl groups excluding tert-OH is 1.